The Balaban J connectivity index is 1.41. The highest BCUT2D eigenvalue weighted by Gasteiger charge is 2.22. The van der Waals surface area contributed by atoms with Gasteiger partial charge in [-0.05, 0) is 30.0 Å². The molecule has 0 N–H and O–H groups in total. The molecule has 1 aliphatic heterocycles. The third kappa shape index (κ3) is 4.58. The third-order valence-corrected chi connectivity index (χ3v) is 5.43. The van der Waals surface area contributed by atoms with Crippen molar-refractivity contribution in [1.82, 2.24) is 9.80 Å². The molecule has 1 amide bonds. The van der Waals surface area contributed by atoms with Crippen molar-refractivity contribution in [1.29, 1.82) is 5.26 Å². The van der Waals surface area contributed by atoms with E-state index < -0.39 is 0 Å². The Morgan fingerprint density at radius 2 is 1.92 bits per heavy atom. The zero-order chi connectivity index (χ0) is 16.8. The van der Waals surface area contributed by atoms with Gasteiger partial charge in [0.05, 0.1) is 11.6 Å². The Bertz CT molecular complexity index is 593. The number of nitrogens with zero attached hydrogens (tertiary/aromatic N) is 3. The van der Waals surface area contributed by atoms with Crippen LogP contribution in [0.25, 0.3) is 0 Å². The topological polar surface area (TPSA) is 47.3 Å². The lowest BCUT2D eigenvalue weighted by molar-refractivity contribution is -0.133. The molecule has 2 fully saturated rings. The van der Waals surface area contributed by atoms with Crippen LogP contribution in [0.1, 0.15) is 49.7 Å². The molecule has 0 unspecified atom stereocenters. The van der Waals surface area contributed by atoms with E-state index in [0.29, 0.717) is 11.5 Å². The molecule has 3 rings (SSSR count). The number of benzene rings is 1. The maximum atomic E-state index is 12.4. The van der Waals surface area contributed by atoms with Crippen LogP contribution < -0.4 is 0 Å². The summed E-state index contributed by atoms with van der Waals surface area (Å²) in [5.74, 6) is 1.13. The SMILES string of the molecule is N#Cc1cccc(CN2CCN(C(=O)CCC3CCCC3)CC2)c1. The minimum Gasteiger partial charge on any atom is -0.340 e. The zero-order valence-corrected chi connectivity index (χ0v) is 14.4. The van der Waals surface area contributed by atoms with Crippen molar-refractivity contribution in [3.8, 4) is 6.07 Å². The largest absolute Gasteiger partial charge is 0.340 e. The van der Waals surface area contributed by atoms with E-state index in [9.17, 15) is 4.79 Å². The van der Waals surface area contributed by atoms with E-state index in [-0.39, 0.29) is 0 Å². The van der Waals surface area contributed by atoms with E-state index in [1.807, 2.05) is 23.1 Å². The molecule has 1 heterocycles. The van der Waals surface area contributed by atoms with Crippen LogP contribution in [-0.4, -0.2) is 41.9 Å². The molecular formula is C20H27N3O. The van der Waals surface area contributed by atoms with Gasteiger partial charge in [0.2, 0.25) is 5.91 Å². The second-order valence-electron chi connectivity index (χ2n) is 7.16. The van der Waals surface area contributed by atoms with Gasteiger partial charge in [0.1, 0.15) is 0 Å². The van der Waals surface area contributed by atoms with Crippen LogP contribution in [0.5, 0.6) is 0 Å². The highest BCUT2D eigenvalue weighted by atomic mass is 16.2. The Kier molecular flexibility index (Phi) is 5.87. The molecule has 0 spiro atoms. The average Bonchev–Trinajstić information content (AvgIpc) is 3.14. The molecule has 4 nitrogen and oxygen atoms in total. The normalized spacial score (nSPS) is 19.4. The Morgan fingerprint density at radius 1 is 1.17 bits per heavy atom. The molecule has 0 atom stereocenters. The number of nitriles is 1. The van der Waals surface area contributed by atoms with Gasteiger partial charge in [-0.3, -0.25) is 9.69 Å². The number of piperazine rings is 1. The van der Waals surface area contributed by atoms with Gasteiger partial charge in [-0.2, -0.15) is 5.26 Å². The van der Waals surface area contributed by atoms with Gasteiger partial charge < -0.3 is 4.90 Å². The van der Waals surface area contributed by atoms with Gasteiger partial charge in [-0.15, -0.1) is 0 Å². The molecule has 0 aromatic heterocycles. The number of carbonyl (C=O) groups is 1. The fraction of sp³-hybridized carbons (Fsp3) is 0.600. The predicted molar refractivity (Wildman–Crippen MR) is 94.2 cm³/mol. The molecule has 24 heavy (non-hydrogen) atoms. The standard InChI is InChI=1S/C20H27N3O/c21-15-18-6-3-7-19(14-18)16-22-10-12-23(13-11-22)20(24)9-8-17-4-1-2-5-17/h3,6-7,14,17H,1-2,4-5,8-13,16H2. The van der Waals surface area contributed by atoms with Gasteiger partial charge in [0.15, 0.2) is 0 Å². The molecule has 0 radical (unpaired) electrons. The molecule has 1 saturated heterocycles. The molecule has 2 aliphatic rings. The lowest BCUT2D eigenvalue weighted by atomic mass is 10.0. The Hall–Kier alpha value is -1.86. The van der Waals surface area contributed by atoms with E-state index in [1.54, 1.807) is 0 Å². The lowest BCUT2D eigenvalue weighted by Crippen LogP contribution is -2.48. The Morgan fingerprint density at radius 3 is 2.62 bits per heavy atom. The number of carbonyl (C=O) groups excluding carboxylic acids is 1. The van der Waals surface area contributed by atoms with Crippen molar-refractivity contribution in [2.24, 2.45) is 5.92 Å². The van der Waals surface area contributed by atoms with E-state index in [2.05, 4.69) is 17.0 Å². The summed E-state index contributed by atoms with van der Waals surface area (Å²) in [7, 11) is 0. The summed E-state index contributed by atoms with van der Waals surface area (Å²) in [5, 5.41) is 8.99. The minimum atomic E-state index is 0.341. The first-order valence-corrected chi connectivity index (χ1v) is 9.24. The molecular weight excluding hydrogens is 298 g/mol. The van der Waals surface area contributed by atoms with Crippen molar-refractivity contribution in [2.75, 3.05) is 26.2 Å². The Labute approximate surface area is 145 Å². The van der Waals surface area contributed by atoms with E-state index >= 15 is 0 Å². The van der Waals surface area contributed by atoms with Crippen LogP contribution in [0.4, 0.5) is 0 Å². The number of hydrogen-bond donors (Lipinski definition) is 0. The van der Waals surface area contributed by atoms with E-state index in [1.165, 1.54) is 31.2 Å². The van der Waals surface area contributed by atoms with Gasteiger partial charge >= 0.3 is 0 Å². The predicted octanol–water partition coefficient (Wildman–Crippen LogP) is 3.17. The molecule has 4 heteroatoms. The summed E-state index contributed by atoms with van der Waals surface area (Å²) < 4.78 is 0. The van der Waals surface area contributed by atoms with Crippen LogP contribution in [0.15, 0.2) is 24.3 Å². The van der Waals surface area contributed by atoms with Gasteiger partial charge in [-0.25, -0.2) is 0 Å². The summed E-state index contributed by atoms with van der Waals surface area (Å²) in [6.07, 6.45) is 7.16. The monoisotopic (exact) mass is 325 g/mol. The summed E-state index contributed by atoms with van der Waals surface area (Å²) in [4.78, 5) is 16.8. The lowest BCUT2D eigenvalue weighted by Gasteiger charge is -2.35. The first kappa shape index (κ1) is 17.0. The zero-order valence-electron chi connectivity index (χ0n) is 14.4. The van der Waals surface area contributed by atoms with Crippen molar-refractivity contribution in [2.45, 2.75) is 45.1 Å². The number of amides is 1. The summed E-state index contributed by atoms with van der Waals surface area (Å²) in [6, 6.07) is 10.00. The van der Waals surface area contributed by atoms with Crippen LogP contribution in [0, 0.1) is 17.2 Å². The summed E-state index contributed by atoms with van der Waals surface area (Å²) in [5.41, 5.74) is 1.89. The highest BCUT2D eigenvalue weighted by molar-refractivity contribution is 5.76. The van der Waals surface area contributed by atoms with Gasteiger partial charge in [0, 0.05) is 39.1 Å². The van der Waals surface area contributed by atoms with Crippen LogP contribution in [-0.2, 0) is 11.3 Å². The molecule has 1 aromatic carbocycles. The molecule has 128 valence electrons. The molecule has 1 saturated carbocycles. The quantitative estimate of drug-likeness (QED) is 0.835. The van der Waals surface area contributed by atoms with E-state index in [4.69, 9.17) is 5.26 Å². The first-order valence-electron chi connectivity index (χ1n) is 9.24. The van der Waals surface area contributed by atoms with E-state index in [0.717, 1.165) is 51.5 Å². The fourth-order valence-electron chi connectivity index (χ4n) is 3.94. The molecule has 1 aliphatic carbocycles. The summed E-state index contributed by atoms with van der Waals surface area (Å²) >= 11 is 0. The maximum Gasteiger partial charge on any atom is 0.222 e. The highest BCUT2D eigenvalue weighted by Crippen LogP contribution is 2.28. The van der Waals surface area contributed by atoms with Crippen LogP contribution in [0.3, 0.4) is 0 Å². The van der Waals surface area contributed by atoms with Crippen molar-refractivity contribution in [3.05, 3.63) is 35.4 Å². The van der Waals surface area contributed by atoms with Crippen molar-refractivity contribution in [3.63, 3.8) is 0 Å². The molecule has 1 aromatic rings. The number of hydrogen-bond acceptors (Lipinski definition) is 3. The minimum absolute atomic E-state index is 0.341. The smallest absolute Gasteiger partial charge is 0.222 e. The second kappa shape index (κ2) is 8.30. The van der Waals surface area contributed by atoms with Crippen LogP contribution in [0.2, 0.25) is 0 Å². The average molecular weight is 325 g/mol. The second-order valence-corrected chi connectivity index (χ2v) is 7.16. The third-order valence-electron chi connectivity index (χ3n) is 5.43. The van der Waals surface area contributed by atoms with Crippen molar-refractivity contribution >= 4 is 5.91 Å². The molecule has 0 bridgehead atoms. The maximum absolute atomic E-state index is 12.4. The fourth-order valence-corrected chi connectivity index (χ4v) is 3.94. The number of rotatable bonds is 5. The summed E-state index contributed by atoms with van der Waals surface area (Å²) in [6.45, 7) is 4.38. The van der Waals surface area contributed by atoms with Gasteiger partial charge in [0.25, 0.3) is 0 Å². The van der Waals surface area contributed by atoms with Gasteiger partial charge in [-0.1, -0.05) is 37.8 Å². The van der Waals surface area contributed by atoms with Crippen molar-refractivity contribution < 1.29 is 4.79 Å². The van der Waals surface area contributed by atoms with Crippen LogP contribution >= 0.6 is 0 Å². The first-order chi connectivity index (χ1) is 11.7.